The lowest BCUT2D eigenvalue weighted by molar-refractivity contribution is 0.122. The minimum Gasteiger partial charge on any atom is -0.378 e. The lowest BCUT2D eigenvalue weighted by atomic mass is 10.4. The molecule has 3 heterocycles. The molecule has 0 aliphatic carbocycles. The van der Waals surface area contributed by atoms with E-state index in [1.54, 1.807) is 10.9 Å². The Morgan fingerprint density at radius 2 is 1.95 bits per heavy atom. The maximum Gasteiger partial charge on any atom is 0.227 e. The molecule has 0 atom stereocenters. The highest BCUT2D eigenvalue weighted by Gasteiger charge is 2.15. The molecule has 0 bridgehead atoms. The van der Waals surface area contributed by atoms with Crippen LogP contribution in [0.5, 0.6) is 0 Å². The number of anilines is 1. The third kappa shape index (κ3) is 2.41. The van der Waals surface area contributed by atoms with E-state index in [0.29, 0.717) is 5.95 Å². The summed E-state index contributed by atoms with van der Waals surface area (Å²) in [6.45, 7) is 6.85. The summed E-state index contributed by atoms with van der Waals surface area (Å²) >= 11 is 0. The first-order valence-corrected chi connectivity index (χ1v) is 6.30. The van der Waals surface area contributed by atoms with Gasteiger partial charge in [-0.25, -0.2) is 9.97 Å². The largest absolute Gasteiger partial charge is 0.378 e. The van der Waals surface area contributed by atoms with Gasteiger partial charge in [0, 0.05) is 25.4 Å². The van der Waals surface area contributed by atoms with Gasteiger partial charge >= 0.3 is 0 Å². The van der Waals surface area contributed by atoms with Crippen LogP contribution in [0.4, 0.5) is 5.95 Å². The Morgan fingerprint density at radius 1 is 1.16 bits per heavy atom. The molecule has 0 spiro atoms. The van der Waals surface area contributed by atoms with Crippen LogP contribution in [0, 0.1) is 13.8 Å². The fourth-order valence-corrected chi connectivity index (χ4v) is 2.11. The van der Waals surface area contributed by atoms with Gasteiger partial charge in [0.25, 0.3) is 0 Å². The van der Waals surface area contributed by atoms with Crippen molar-refractivity contribution < 1.29 is 4.74 Å². The molecule has 7 heteroatoms. The Hall–Kier alpha value is -2.02. The van der Waals surface area contributed by atoms with E-state index in [-0.39, 0.29) is 0 Å². The summed E-state index contributed by atoms with van der Waals surface area (Å²) in [6, 6.07) is 1.84. The summed E-state index contributed by atoms with van der Waals surface area (Å²) < 4.78 is 7.07. The average molecular weight is 260 g/mol. The Bertz CT molecular complexity index is 575. The van der Waals surface area contributed by atoms with E-state index in [1.165, 1.54) is 0 Å². The third-order valence-corrected chi connectivity index (χ3v) is 3.01. The molecule has 1 saturated heterocycles. The molecular weight excluding hydrogens is 244 g/mol. The van der Waals surface area contributed by atoms with Gasteiger partial charge in [-0.1, -0.05) is 0 Å². The van der Waals surface area contributed by atoms with E-state index in [4.69, 9.17) is 4.74 Å². The van der Waals surface area contributed by atoms with Crippen molar-refractivity contribution in [1.29, 1.82) is 0 Å². The minimum atomic E-state index is 0.716. The predicted molar refractivity (Wildman–Crippen MR) is 69.5 cm³/mol. The molecule has 0 aromatic carbocycles. The fraction of sp³-hybridized carbons (Fsp3) is 0.500. The van der Waals surface area contributed by atoms with Crippen LogP contribution in [0.25, 0.3) is 5.82 Å². The minimum absolute atomic E-state index is 0.716. The molecule has 1 aliphatic rings. The monoisotopic (exact) mass is 260 g/mol. The van der Waals surface area contributed by atoms with Gasteiger partial charge in [-0.15, -0.1) is 5.10 Å². The number of rotatable bonds is 2. The van der Waals surface area contributed by atoms with Crippen LogP contribution in [-0.2, 0) is 4.74 Å². The highest BCUT2D eigenvalue weighted by molar-refractivity contribution is 5.35. The molecule has 100 valence electrons. The van der Waals surface area contributed by atoms with Crippen molar-refractivity contribution in [3.05, 3.63) is 23.9 Å². The Balaban J connectivity index is 1.93. The maximum absolute atomic E-state index is 5.33. The lowest BCUT2D eigenvalue weighted by Gasteiger charge is -2.26. The Kier molecular flexibility index (Phi) is 3.12. The van der Waals surface area contributed by atoms with Gasteiger partial charge in [-0.3, -0.25) is 0 Å². The first kappa shape index (κ1) is 12.0. The zero-order chi connectivity index (χ0) is 13.2. The number of hydrogen-bond donors (Lipinski definition) is 0. The van der Waals surface area contributed by atoms with Crippen molar-refractivity contribution in [2.45, 2.75) is 13.8 Å². The van der Waals surface area contributed by atoms with Crippen molar-refractivity contribution >= 4 is 5.95 Å². The smallest absolute Gasteiger partial charge is 0.227 e. The molecule has 2 aromatic rings. The van der Waals surface area contributed by atoms with Gasteiger partial charge in [0.05, 0.1) is 13.2 Å². The second kappa shape index (κ2) is 4.93. The molecular formula is C12H16N6O. The fourth-order valence-electron chi connectivity index (χ4n) is 2.11. The highest BCUT2D eigenvalue weighted by atomic mass is 16.5. The van der Waals surface area contributed by atoms with Gasteiger partial charge in [-0.05, 0) is 13.8 Å². The molecule has 0 saturated carbocycles. The molecule has 0 amide bonds. The molecule has 19 heavy (non-hydrogen) atoms. The summed E-state index contributed by atoms with van der Waals surface area (Å²) in [6.07, 6.45) is 1.75. The predicted octanol–water partition coefficient (Wildman–Crippen LogP) is 0.511. The van der Waals surface area contributed by atoms with Crippen LogP contribution in [0.15, 0.2) is 12.3 Å². The standard InChI is InChI=1S/C12H16N6O/c1-9-14-10(2)18(16-9)11-3-4-13-12(15-11)17-5-7-19-8-6-17/h3-4H,5-8H2,1-2H3. The second-order valence-electron chi connectivity index (χ2n) is 4.43. The summed E-state index contributed by atoms with van der Waals surface area (Å²) in [5, 5.41) is 4.34. The van der Waals surface area contributed by atoms with Gasteiger partial charge in [0.1, 0.15) is 11.6 Å². The van der Waals surface area contributed by atoms with E-state index in [0.717, 1.165) is 43.8 Å². The van der Waals surface area contributed by atoms with Crippen LogP contribution in [0.1, 0.15) is 11.6 Å². The van der Waals surface area contributed by atoms with Crippen LogP contribution in [-0.4, -0.2) is 51.0 Å². The van der Waals surface area contributed by atoms with E-state index < -0.39 is 0 Å². The molecule has 3 rings (SSSR count). The zero-order valence-corrected chi connectivity index (χ0v) is 11.1. The first-order chi connectivity index (χ1) is 9.24. The second-order valence-corrected chi connectivity index (χ2v) is 4.43. The molecule has 0 unspecified atom stereocenters. The SMILES string of the molecule is Cc1nc(C)n(-c2ccnc(N3CCOCC3)n2)n1. The highest BCUT2D eigenvalue weighted by Crippen LogP contribution is 2.13. The van der Waals surface area contributed by atoms with Gasteiger partial charge in [-0.2, -0.15) is 9.67 Å². The van der Waals surface area contributed by atoms with Crippen molar-refractivity contribution in [3.8, 4) is 5.82 Å². The Labute approximate surface area is 111 Å². The summed E-state index contributed by atoms with van der Waals surface area (Å²) in [5.74, 6) is 3.02. The summed E-state index contributed by atoms with van der Waals surface area (Å²) in [4.78, 5) is 15.3. The van der Waals surface area contributed by atoms with Crippen molar-refractivity contribution in [2.75, 3.05) is 31.2 Å². The van der Waals surface area contributed by atoms with E-state index in [1.807, 2.05) is 19.9 Å². The van der Waals surface area contributed by atoms with Crippen LogP contribution < -0.4 is 4.90 Å². The van der Waals surface area contributed by atoms with E-state index >= 15 is 0 Å². The first-order valence-electron chi connectivity index (χ1n) is 6.30. The van der Waals surface area contributed by atoms with Crippen LogP contribution in [0.2, 0.25) is 0 Å². The van der Waals surface area contributed by atoms with Crippen molar-refractivity contribution in [3.63, 3.8) is 0 Å². The molecule has 2 aromatic heterocycles. The molecule has 1 fully saturated rings. The molecule has 0 N–H and O–H groups in total. The topological polar surface area (TPSA) is 69.0 Å². The van der Waals surface area contributed by atoms with Gasteiger partial charge in [0.2, 0.25) is 5.95 Å². The molecule has 7 nitrogen and oxygen atoms in total. The number of ether oxygens (including phenoxy) is 1. The summed E-state index contributed by atoms with van der Waals surface area (Å²) in [7, 11) is 0. The quantitative estimate of drug-likeness (QED) is 0.783. The molecule has 0 radical (unpaired) electrons. The Morgan fingerprint density at radius 3 is 2.63 bits per heavy atom. The van der Waals surface area contributed by atoms with Crippen molar-refractivity contribution in [2.24, 2.45) is 0 Å². The van der Waals surface area contributed by atoms with E-state index in [2.05, 4.69) is 25.0 Å². The number of aryl methyl sites for hydroxylation is 2. The van der Waals surface area contributed by atoms with Gasteiger partial charge in [0.15, 0.2) is 5.82 Å². The maximum atomic E-state index is 5.33. The van der Waals surface area contributed by atoms with Crippen LogP contribution >= 0.6 is 0 Å². The summed E-state index contributed by atoms with van der Waals surface area (Å²) in [5.41, 5.74) is 0. The van der Waals surface area contributed by atoms with Crippen LogP contribution in [0.3, 0.4) is 0 Å². The number of hydrogen-bond acceptors (Lipinski definition) is 6. The number of nitrogens with zero attached hydrogens (tertiary/aromatic N) is 6. The van der Waals surface area contributed by atoms with Crippen molar-refractivity contribution in [1.82, 2.24) is 24.7 Å². The average Bonchev–Trinajstić information content (AvgIpc) is 2.79. The molecule has 1 aliphatic heterocycles. The third-order valence-electron chi connectivity index (χ3n) is 3.01. The normalized spacial score (nSPS) is 15.8. The van der Waals surface area contributed by atoms with E-state index in [9.17, 15) is 0 Å². The van der Waals surface area contributed by atoms with Gasteiger partial charge < -0.3 is 9.64 Å². The lowest BCUT2D eigenvalue weighted by Crippen LogP contribution is -2.37. The number of aromatic nitrogens is 5. The zero-order valence-electron chi connectivity index (χ0n) is 11.1. The number of morpholine rings is 1.